The monoisotopic (exact) mass is 316 g/mol. The highest BCUT2D eigenvalue weighted by atomic mass is 16.1. The molecule has 0 saturated carbocycles. The maximum Gasteiger partial charge on any atom is 0.253 e. The molecule has 2 aromatic rings. The van der Waals surface area contributed by atoms with E-state index in [0.29, 0.717) is 24.6 Å². The number of hydrogen-bond acceptors (Lipinski definition) is 5. The van der Waals surface area contributed by atoms with Crippen molar-refractivity contribution in [2.75, 3.05) is 11.9 Å². The van der Waals surface area contributed by atoms with E-state index in [1.807, 2.05) is 24.3 Å². The summed E-state index contributed by atoms with van der Waals surface area (Å²) in [6, 6.07) is 7.46. The van der Waals surface area contributed by atoms with E-state index < -0.39 is 0 Å². The van der Waals surface area contributed by atoms with Crippen LogP contribution in [-0.4, -0.2) is 32.7 Å². The molecule has 0 spiro atoms. The molecule has 0 radical (unpaired) electrons. The average Bonchev–Trinajstić information content (AvgIpc) is 2.98. The average molecular weight is 316 g/mol. The number of nitrogens with zero attached hydrogens (tertiary/aromatic N) is 4. The Labute approximate surface area is 136 Å². The number of anilines is 1. The van der Waals surface area contributed by atoms with Gasteiger partial charge in [0.2, 0.25) is 0 Å². The van der Waals surface area contributed by atoms with Gasteiger partial charge in [-0.2, -0.15) is 0 Å². The Hall–Kier alpha value is -2.44. The Morgan fingerprint density at radius 3 is 2.83 bits per heavy atom. The van der Waals surface area contributed by atoms with Crippen LogP contribution in [0.1, 0.15) is 43.4 Å². The summed E-state index contributed by atoms with van der Waals surface area (Å²) in [4.78, 5) is 12.3. The van der Waals surface area contributed by atoms with Gasteiger partial charge in [-0.15, -0.1) is 5.10 Å². The first-order valence-corrected chi connectivity index (χ1v) is 7.98. The molecule has 1 amide bonds. The van der Waals surface area contributed by atoms with Crippen molar-refractivity contribution < 1.29 is 4.79 Å². The summed E-state index contributed by atoms with van der Waals surface area (Å²) < 4.78 is 1.77. The lowest BCUT2D eigenvalue weighted by atomic mass is 10.1. The van der Waals surface area contributed by atoms with E-state index in [-0.39, 0.29) is 5.91 Å². The number of amides is 1. The van der Waals surface area contributed by atoms with Crippen molar-refractivity contribution >= 4 is 11.6 Å². The van der Waals surface area contributed by atoms with Gasteiger partial charge in [0.1, 0.15) is 0 Å². The molecule has 0 fully saturated rings. The molecular weight excluding hydrogens is 292 g/mol. The van der Waals surface area contributed by atoms with E-state index in [9.17, 15) is 4.79 Å². The lowest BCUT2D eigenvalue weighted by Gasteiger charge is -2.13. The lowest BCUT2D eigenvalue weighted by molar-refractivity contribution is 0.0950. The predicted octanol–water partition coefficient (Wildman–Crippen LogP) is 2.08. The zero-order valence-corrected chi connectivity index (χ0v) is 13.9. The van der Waals surface area contributed by atoms with Crippen LogP contribution in [0.15, 0.2) is 24.3 Å². The highest BCUT2D eigenvalue weighted by Crippen LogP contribution is 2.16. The minimum Gasteiger partial charge on any atom is -0.377 e. The number of aromatic nitrogens is 4. The fourth-order valence-corrected chi connectivity index (χ4v) is 2.14. The number of carbonyl (C=O) groups is 1. The van der Waals surface area contributed by atoms with Crippen molar-refractivity contribution in [3.05, 3.63) is 35.7 Å². The quantitative estimate of drug-likeness (QED) is 0.779. The molecule has 2 N–H and O–H groups in total. The SMILES string of the molecule is CCCn1nnnc1CNc1ccccc1C(=O)NCC(C)C. The van der Waals surface area contributed by atoms with Crippen LogP contribution in [0.3, 0.4) is 0 Å². The second kappa shape index (κ2) is 8.26. The maximum absolute atomic E-state index is 12.3. The number of hydrogen-bond donors (Lipinski definition) is 2. The van der Waals surface area contributed by atoms with Gasteiger partial charge in [0.15, 0.2) is 5.82 Å². The summed E-state index contributed by atoms with van der Waals surface area (Å²) in [5.74, 6) is 1.09. The van der Waals surface area contributed by atoms with Gasteiger partial charge in [0.25, 0.3) is 5.91 Å². The van der Waals surface area contributed by atoms with Gasteiger partial charge >= 0.3 is 0 Å². The smallest absolute Gasteiger partial charge is 0.253 e. The third-order valence-electron chi connectivity index (χ3n) is 3.32. The summed E-state index contributed by atoms with van der Waals surface area (Å²) in [6.45, 7) is 8.12. The number of aryl methyl sites for hydroxylation is 1. The van der Waals surface area contributed by atoms with Crippen LogP contribution in [0.2, 0.25) is 0 Å². The molecule has 0 aliphatic heterocycles. The molecule has 0 saturated heterocycles. The van der Waals surface area contributed by atoms with Crippen LogP contribution >= 0.6 is 0 Å². The standard InChI is InChI=1S/C16H24N6O/c1-4-9-22-15(19-20-21-22)11-17-14-8-6-5-7-13(14)16(23)18-10-12(2)3/h5-8,12,17H,4,9-11H2,1-3H3,(H,18,23). The van der Waals surface area contributed by atoms with E-state index in [0.717, 1.165) is 24.5 Å². The van der Waals surface area contributed by atoms with Crippen molar-refractivity contribution in [3.63, 3.8) is 0 Å². The molecule has 7 heteroatoms. The van der Waals surface area contributed by atoms with Crippen LogP contribution in [0, 0.1) is 5.92 Å². The summed E-state index contributed by atoms with van der Waals surface area (Å²) in [6.07, 6.45) is 0.965. The summed E-state index contributed by atoms with van der Waals surface area (Å²) >= 11 is 0. The Bertz CT molecular complexity index is 637. The van der Waals surface area contributed by atoms with Crippen LogP contribution in [0.25, 0.3) is 0 Å². The molecule has 1 aromatic heterocycles. The van der Waals surface area contributed by atoms with Crippen molar-refractivity contribution in [1.29, 1.82) is 0 Å². The molecular formula is C16H24N6O. The van der Waals surface area contributed by atoms with E-state index in [4.69, 9.17) is 0 Å². The largest absolute Gasteiger partial charge is 0.377 e. The van der Waals surface area contributed by atoms with Gasteiger partial charge in [0.05, 0.1) is 12.1 Å². The van der Waals surface area contributed by atoms with E-state index in [1.54, 1.807) is 4.68 Å². The van der Waals surface area contributed by atoms with Crippen LogP contribution in [0.5, 0.6) is 0 Å². The van der Waals surface area contributed by atoms with Gasteiger partial charge in [-0.3, -0.25) is 4.79 Å². The maximum atomic E-state index is 12.3. The Morgan fingerprint density at radius 1 is 1.30 bits per heavy atom. The second-order valence-electron chi connectivity index (χ2n) is 5.82. The highest BCUT2D eigenvalue weighted by molar-refractivity contribution is 5.99. The van der Waals surface area contributed by atoms with Crippen LogP contribution in [-0.2, 0) is 13.1 Å². The highest BCUT2D eigenvalue weighted by Gasteiger charge is 2.12. The summed E-state index contributed by atoms with van der Waals surface area (Å²) in [7, 11) is 0. The van der Waals surface area contributed by atoms with Crippen LogP contribution in [0.4, 0.5) is 5.69 Å². The van der Waals surface area contributed by atoms with Gasteiger partial charge < -0.3 is 10.6 Å². The first-order valence-electron chi connectivity index (χ1n) is 7.98. The molecule has 1 heterocycles. The predicted molar refractivity (Wildman–Crippen MR) is 89.0 cm³/mol. The first-order chi connectivity index (χ1) is 11.1. The van der Waals surface area contributed by atoms with Gasteiger partial charge in [-0.05, 0) is 34.9 Å². The summed E-state index contributed by atoms with van der Waals surface area (Å²) in [5.41, 5.74) is 1.41. The molecule has 7 nitrogen and oxygen atoms in total. The van der Waals surface area contributed by atoms with Crippen molar-refractivity contribution in [2.24, 2.45) is 5.92 Å². The Kier molecular flexibility index (Phi) is 6.08. The van der Waals surface area contributed by atoms with Crippen molar-refractivity contribution in [2.45, 2.75) is 40.3 Å². The third kappa shape index (κ3) is 4.77. The molecule has 0 bridgehead atoms. The molecule has 0 aliphatic rings. The molecule has 1 aromatic carbocycles. The zero-order chi connectivity index (χ0) is 16.7. The number of rotatable bonds is 8. The number of benzene rings is 1. The number of carbonyl (C=O) groups excluding carboxylic acids is 1. The first kappa shape index (κ1) is 16.9. The molecule has 0 aliphatic carbocycles. The number of tetrazole rings is 1. The molecule has 124 valence electrons. The minimum absolute atomic E-state index is 0.0741. The van der Waals surface area contributed by atoms with Gasteiger partial charge in [0, 0.05) is 18.8 Å². The summed E-state index contributed by atoms with van der Waals surface area (Å²) in [5, 5.41) is 17.9. The topological polar surface area (TPSA) is 84.7 Å². The Balaban J connectivity index is 2.05. The second-order valence-corrected chi connectivity index (χ2v) is 5.82. The fraction of sp³-hybridized carbons (Fsp3) is 0.500. The number of nitrogens with one attached hydrogen (secondary N) is 2. The zero-order valence-electron chi connectivity index (χ0n) is 13.9. The van der Waals surface area contributed by atoms with Crippen molar-refractivity contribution in [1.82, 2.24) is 25.5 Å². The molecule has 2 rings (SSSR count). The Morgan fingerprint density at radius 2 is 2.09 bits per heavy atom. The third-order valence-corrected chi connectivity index (χ3v) is 3.32. The van der Waals surface area contributed by atoms with Gasteiger partial charge in [-0.25, -0.2) is 4.68 Å². The van der Waals surface area contributed by atoms with Gasteiger partial charge in [-0.1, -0.05) is 32.9 Å². The normalized spacial score (nSPS) is 10.8. The van der Waals surface area contributed by atoms with E-state index >= 15 is 0 Å². The lowest BCUT2D eigenvalue weighted by Crippen LogP contribution is -2.28. The molecule has 0 unspecified atom stereocenters. The van der Waals surface area contributed by atoms with Crippen LogP contribution < -0.4 is 10.6 Å². The number of para-hydroxylation sites is 1. The minimum atomic E-state index is -0.0741. The van der Waals surface area contributed by atoms with Crippen molar-refractivity contribution in [3.8, 4) is 0 Å². The molecule has 23 heavy (non-hydrogen) atoms. The van der Waals surface area contributed by atoms with E-state index in [1.165, 1.54) is 0 Å². The molecule has 0 atom stereocenters. The fourth-order valence-electron chi connectivity index (χ4n) is 2.14. The van der Waals surface area contributed by atoms with E-state index in [2.05, 4.69) is 46.9 Å².